The van der Waals surface area contributed by atoms with Crippen LogP contribution in [0.4, 0.5) is 10.5 Å². The lowest BCUT2D eigenvalue weighted by Gasteiger charge is -2.54. The van der Waals surface area contributed by atoms with Crippen LogP contribution in [0, 0.1) is 23.7 Å². The number of nitrogens with two attached hydrogens (primary N) is 1. The molecule has 9 heteroatoms. The quantitative estimate of drug-likeness (QED) is 0.583. The number of benzene rings is 1. The molecule has 4 saturated carbocycles. The molecule has 4 bridgehead atoms. The van der Waals surface area contributed by atoms with Crippen molar-refractivity contribution in [3.05, 3.63) is 17.2 Å². The van der Waals surface area contributed by atoms with Gasteiger partial charge in [0.15, 0.2) is 5.75 Å². The lowest BCUT2D eigenvalue weighted by molar-refractivity contribution is -0.00883. The van der Waals surface area contributed by atoms with E-state index in [1.807, 2.05) is 0 Å². The van der Waals surface area contributed by atoms with Crippen molar-refractivity contribution >= 4 is 33.3 Å². The van der Waals surface area contributed by atoms with Gasteiger partial charge in [0.1, 0.15) is 4.90 Å². The Labute approximate surface area is 157 Å². The van der Waals surface area contributed by atoms with Gasteiger partial charge in [0.25, 0.3) is 0 Å². The van der Waals surface area contributed by atoms with E-state index in [1.165, 1.54) is 44.2 Å². The van der Waals surface area contributed by atoms with E-state index < -0.39 is 26.7 Å². The van der Waals surface area contributed by atoms with Gasteiger partial charge in [-0.25, -0.2) is 18.4 Å². The van der Waals surface area contributed by atoms with Gasteiger partial charge in [0, 0.05) is 6.04 Å². The average molecular weight is 400 g/mol. The zero-order valence-electron chi connectivity index (χ0n) is 14.1. The molecular formula is C17H22ClN3O4S. The summed E-state index contributed by atoms with van der Waals surface area (Å²) in [6.07, 6.45) is 6.00. The maximum atomic E-state index is 12.5. The van der Waals surface area contributed by atoms with Crippen LogP contribution < -0.4 is 15.8 Å². The van der Waals surface area contributed by atoms with Gasteiger partial charge < -0.3 is 15.7 Å². The van der Waals surface area contributed by atoms with Crippen LogP contribution in [0.5, 0.6) is 5.75 Å². The van der Waals surface area contributed by atoms with Crippen molar-refractivity contribution in [2.45, 2.75) is 43.0 Å². The number of hydrogen-bond acceptors (Lipinski definition) is 4. The largest absolute Gasteiger partial charge is 0.504 e. The van der Waals surface area contributed by atoms with Crippen LogP contribution >= 0.6 is 11.6 Å². The fraction of sp³-hybridized carbons (Fsp3) is 0.588. The number of hydrogen-bond donors (Lipinski definition) is 4. The third kappa shape index (κ3) is 3.14. The Morgan fingerprint density at radius 3 is 2.23 bits per heavy atom. The number of rotatable bonds is 3. The SMILES string of the molecule is NS(=O)(=O)c1c(Cl)ccc(NC(=O)NC2C3CC4CC(C3)CC2C4)c1O. The normalized spacial score (nSPS) is 32.5. The second-order valence-corrected chi connectivity index (χ2v) is 9.78. The zero-order chi connectivity index (χ0) is 18.6. The number of carbonyl (C=O) groups excluding carboxylic acids is 1. The molecule has 1 aromatic rings. The van der Waals surface area contributed by atoms with Gasteiger partial charge in [0.05, 0.1) is 10.7 Å². The summed E-state index contributed by atoms with van der Waals surface area (Å²) in [7, 11) is -4.22. The van der Waals surface area contributed by atoms with Crippen LogP contribution in [0.15, 0.2) is 17.0 Å². The smallest absolute Gasteiger partial charge is 0.319 e. The Morgan fingerprint density at radius 2 is 1.69 bits per heavy atom. The molecule has 5 N–H and O–H groups in total. The summed E-state index contributed by atoms with van der Waals surface area (Å²) in [4.78, 5) is 11.9. The number of phenolic OH excluding ortho intramolecular Hbond substituents is 1. The number of nitrogens with one attached hydrogen (secondary N) is 2. The van der Waals surface area contributed by atoms with Crippen LogP contribution in [0.1, 0.15) is 32.1 Å². The molecule has 4 fully saturated rings. The molecule has 0 saturated heterocycles. The number of amides is 2. The maximum absolute atomic E-state index is 12.5. The fourth-order valence-electron chi connectivity index (χ4n) is 5.39. The molecule has 0 radical (unpaired) electrons. The topological polar surface area (TPSA) is 122 Å². The van der Waals surface area contributed by atoms with E-state index >= 15 is 0 Å². The van der Waals surface area contributed by atoms with Crippen LogP contribution in [0.2, 0.25) is 5.02 Å². The fourth-order valence-corrected chi connectivity index (χ4v) is 6.58. The molecule has 4 aliphatic carbocycles. The van der Waals surface area contributed by atoms with Crippen molar-refractivity contribution in [1.29, 1.82) is 0 Å². The van der Waals surface area contributed by atoms with Gasteiger partial charge in [-0.1, -0.05) is 11.6 Å². The van der Waals surface area contributed by atoms with Crippen molar-refractivity contribution in [3.63, 3.8) is 0 Å². The summed E-state index contributed by atoms with van der Waals surface area (Å²) < 4.78 is 23.2. The molecule has 5 rings (SSSR count). The number of carbonyl (C=O) groups is 1. The Hall–Kier alpha value is -1.51. The van der Waals surface area contributed by atoms with Crippen LogP contribution in [0.25, 0.3) is 0 Å². The molecule has 0 atom stereocenters. The van der Waals surface area contributed by atoms with Crippen molar-refractivity contribution in [2.75, 3.05) is 5.32 Å². The van der Waals surface area contributed by atoms with Crippen LogP contribution in [-0.2, 0) is 10.0 Å². The number of halogens is 1. The molecule has 0 aliphatic heterocycles. The monoisotopic (exact) mass is 399 g/mol. The van der Waals surface area contributed by atoms with E-state index in [0.717, 1.165) is 11.8 Å². The molecule has 142 valence electrons. The van der Waals surface area contributed by atoms with Gasteiger partial charge in [-0.2, -0.15) is 0 Å². The Bertz CT molecular complexity index is 830. The molecule has 7 nitrogen and oxygen atoms in total. The first-order chi connectivity index (χ1) is 12.2. The molecule has 0 heterocycles. The molecular weight excluding hydrogens is 378 g/mol. The molecule has 0 unspecified atom stereocenters. The van der Waals surface area contributed by atoms with Gasteiger partial charge in [-0.15, -0.1) is 0 Å². The summed E-state index contributed by atoms with van der Waals surface area (Å²) in [5.41, 5.74) is -0.0419. The van der Waals surface area contributed by atoms with E-state index in [-0.39, 0.29) is 16.8 Å². The molecule has 0 spiro atoms. The predicted molar refractivity (Wildman–Crippen MR) is 97.5 cm³/mol. The van der Waals surface area contributed by atoms with Crippen molar-refractivity contribution < 1.29 is 18.3 Å². The highest BCUT2D eigenvalue weighted by molar-refractivity contribution is 7.89. The van der Waals surface area contributed by atoms with E-state index in [0.29, 0.717) is 11.8 Å². The van der Waals surface area contributed by atoms with Gasteiger partial charge >= 0.3 is 6.03 Å². The highest BCUT2D eigenvalue weighted by Gasteiger charge is 2.48. The number of primary sulfonamides is 1. The molecule has 4 aliphatic rings. The molecule has 2 amide bonds. The van der Waals surface area contributed by atoms with Crippen LogP contribution in [-0.4, -0.2) is 25.6 Å². The van der Waals surface area contributed by atoms with Crippen molar-refractivity contribution in [2.24, 2.45) is 28.8 Å². The number of aromatic hydroxyl groups is 1. The third-order valence-corrected chi connectivity index (χ3v) is 7.55. The van der Waals surface area contributed by atoms with Gasteiger partial charge in [-0.3, -0.25) is 0 Å². The number of anilines is 1. The molecule has 1 aromatic carbocycles. The summed E-state index contributed by atoms with van der Waals surface area (Å²) in [6, 6.07) is 2.30. The summed E-state index contributed by atoms with van der Waals surface area (Å²) in [5.74, 6) is 1.97. The Kier molecular flexibility index (Phi) is 4.32. The number of urea groups is 1. The minimum Gasteiger partial charge on any atom is -0.504 e. The standard InChI is InChI=1S/C17H22ClN3O4S/c18-12-1-2-13(15(22)16(12)26(19,24)25)20-17(23)21-14-10-4-8-3-9(6-10)7-11(14)5-8/h1-2,8-11,14,22H,3-7H2,(H2,19,24,25)(H2,20,21,23). The number of sulfonamides is 1. The first kappa shape index (κ1) is 17.9. The second-order valence-electron chi connectivity index (χ2n) is 7.87. The second kappa shape index (κ2) is 6.28. The highest BCUT2D eigenvalue weighted by Crippen LogP contribution is 2.53. The summed E-state index contributed by atoms with van der Waals surface area (Å²) in [6.45, 7) is 0. The maximum Gasteiger partial charge on any atom is 0.319 e. The van der Waals surface area contributed by atoms with Crippen molar-refractivity contribution in [3.8, 4) is 5.75 Å². The third-order valence-electron chi connectivity index (χ3n) is 6.14. The average Bonchev–Trinajstić information content (AvgIpc) is 2.52. The van der Waals surface area contributed by atoms with Gasteiger partial charge in [0.2, 0.25) is 10.0 Å². The zero-order valence-corrected chi connectivity index (χ0v) is 15.7. The van der Waals surface area contributed by atoms with E-state index in [1.54, 1.807) is 0 Å². The van der Waals surface area contributed by atoms with E-state index in [9.17, 15) is 18.3 Å². The Balaban J connectivity index is 1.49. The summed E-state index contributed by atoms with van der Waals surface area (Å²) >= 11 is 5.81. The van der Waals surface area contributed by atoms with E-state index in [2.05, 4.69) is 10.6 Å². The first-order valence-corrected chi connectivity index (χ1v) is 10.8. The molecule has 0 aromatic heterocycles. The lowest BCUT2D eigenvalue weighted by Crippen LogP contribution is -2.56. The highest BCUT2D eigenvalue weighted by atomic mass is 35.5. The van der Waals surface area contributed by atoms with Gasteiger partial charge in [-0.05, 0) is 67.9 Å². The molecule has 26 heavy (non-hydrogen) atoms. The first-order valence-electron chi connectivity index (χ1n) is 8.84. The Morgan fingerprint density at radius 1 is 1.12 bits per heavy atom. The van der Waals surface area contributed by atoms with Crippen molar-refractivity contribution in [1.82, 2.24) is 5.32 Å². The minimum atomic E-state index is -4.22. The lowest BCUT2D eigenvalue weighted by atomic mass is 9.54. The van der Waals surface area contributed by atoms with E-state index in [4.69, 9.17) is 16.7 Å². The summed E-state index contributed by atoms with van der Waals surface area (Å²) in [5, 5.41) is 20.6. The predicted octanol–water partition coefficient (Wildman–Crippen LogP) is 2.64. The van der Waals surface area contributed by atoms with Crippen LogP contribution in [0.3, 0.4) is 0 Å². The number of phenols is 1. The minimum absolute atomic E-state index is 0.0419.